The highest BCUT2D eigenvalue weighted by molar-refractivity contribution is 5.89. The van der Waals surface area contributed by atoms with Gasteiger partial charge in [0.2, 0.25) is 11.9 Å². The van der Waals surface area contributed by atoms with E-state index in [4.69, 9.17) is 4.98 Å². The molecule has 3 aromatic rings. The maximum Gasteiger partial charge on any atom is 0.416 e. The third kappa shape index (κ3) is 4.22. The summed E-state index contributed by atoms with van der Waals surface area (Å²) in [5.41, 5.74) is -0.131. The first-order valence-electron chi connectivity index (χ1n) is 11.9. The van der Waals surface area contributed by atoms with Gasteiger partial charge in [0.25, 0.3) is 0 Å². The van der Waals surface area contributed by atoms with E-state index in [0.29, 0.717) is 61.8 Å². The van der Waals surface area contributed by atoms with E-state index in [0.717, 1.165) is 18.7 Å². The van der Waals surface area contributed by atoms with Crippen molar-refractivity contribution in [3.63, 3.8) is 0 Å². The normalized spacial score (nSPS) is 23.3. The topological polar surface area (TPSA) is 111 Å². The van der Waals surface area contributed by atoms with E-state index in [-0.39, 0.29) is 29.8 Å². The Balaban J connectivity index is 1.34. The van der Waals surface area contributed by atoms with Crippen LogP contribution in [0.15, 0.2) is 30.5 Å². The summed E-state index contributed by atoms with van der Waals surface area (Å²) in [6.07, 6.45) is -2.11. The fourth-order valence-electron chi connectivity index (χ4n) is 4.92. The number of aromatic nitrogens is 4. The van der Waals surface area contributed by atoms with E-state index in [1.54, 1.807) is 12.3 Å². The number of hydrogen-bond acceptors (Lipinski definition) is 8. The average molecular weight is 503 g/mol. The molecule has 3 N–H and O–H groups in total. The molecule has 1 saturated carbocycles. The Kier molecular flexibility index (Phi) is 5.48. The second-order valence-corrected chi connectivity index (χ2v) is 9.56. The van der Waals surface area contributed by atoms with Gasteiger partial charge in [0.1, 0.15) is 5.82 Å². The van der Waals surface area contributed by atoms with Gasteiger partial charge >= 0.3 is 6.18 Å². The van der Waals surface area contributed by atoms with Crippen molar-refractivity contribution in [1.29, 1.82) is 0 Å². The van der Waals surface area contributed by atoms with Gasteiger partial charge in [0.05, 0.1) is 35.5 Å². The van der Waals surface area contributed by atoms with Gasteiger partial charge < -0.3 is 20.6 Å². The first-order chi connectivity index (χ1) is 17.2. The van der Waals surface area contributed by atoms with Crippen LogP contribution in [-0.2, 0) is 11.0 Å². The zero-order valence-corrected chi connectivity index (χ0v) is 19.2. The first kappa shape index (κ1) is 23.0. The van der Waals surface area contributed by atoms with Crippen molar-refractivity contribution < 1.29 is 23.1 Å². The highest BCUT2D eigenvalue weighted by Gasteiger charge is 2.37. The number of rotatable bonds is 5. The summed E-state index contributed by atoms with van der Waals surface area (Å²) in [7, 11) is 0. The Morgan fingerprint density at radius 1 is 1.17 bits per heavy atom. The minimum absolute atomic E-state index is 0.0145. The number of carbonyl (C=O) groups is 1. The van der Waals surface area contributed by atoms with E-state index in [1.165, 1.54) is 10.7 Å². The second kappa shape index (κ2) is 8.59. The number of anilines is 2. The molecule has 1 aromatic carbocycles. The minimum atomic E-state index is -4.48. The number of carbonyl (C=O) groups excluding carboxylic acids is 1. The Labute approximate surface area is 204 Å². The number of halogens is 3. The van der Waals surface area contributed by atoms with Crippen molar-refractivity contribution in [2.75, 3.05) is 42.9 Å². The lowest BCUT2D eigenvalue weighted by Gasteiger charge is -2.47. The van der Waals surface area contributed by atoms with Crippen LogP contribution in [0.2, 0.25) is 0 Å². The highest BCUT2D eigenvalue weighted by Crippen LogP contribution is 2.34. The van der Waals surface area contributed by atoms with Gasteiger partial charge in [-0.2, -0.15) is 28.2 Å². The number of benzene rings is 1. The molecule has 1 aliphatic carbocycles. The van der Waals surface area contributed by atoms with Crippen molar-refractivity contribution >= 4 is 28.7 Å². The minimum Gasteiger partial charge on any atom is -0.393 e. The number of aliphatic hydroxyl groups excluding tert-OH is 1. The fourth-order valence-corrected chi connectivity index (χ4v) is 4.92. The van der Waals surface area contributed by atoms with Gasteiger partial charge in [-0.25, -0.2) is 4.68 Å². The van der Waals surface area contributed by atoms with Crippen LogP contribution in [0.4, 0.5) is 24.9 Å². The summed E-state index contributed by atoms with van der Waals surface area (Å²) in [4.78, 5) is 25.3. The molecule has 0 spiro atoms. The molecule has 2 aliphatic heterocycles. The van der Waals surface area contributed by atoms with Gasteiger partial charge in [-0.3, -0.25) is 9.69 Å². The van der Waals surface area contributed by atoms with Gasteiger partial charge in [-0.15, -0.1) is 0 Å². The molecule has 0 radical (unpaired) electrons. The fraction of sp³-hybridized carbons (Fsp3) is 0.478. The lowest BCUT2D eigenvalue weighted by atomic mass is 9.90. The van der Waals surface area contributed by atoms with Crippen LogP contribution in [-0.4, -0.2) is 86.6 Å². The summed E-state index contributed by atoms with van der Waals surface area (Å²) in [6, 6.07) is 5.19. The molecule has 10 nitrogen and oxygen atoms in total. The molecule has 2 aromatic heterocycles. The molecule has 3 fully saturated rings. The quantitative estimate of drug-likeness (QED) is 0.480. The molecule has 2 saturated heterocycles. The number of nitrogens with zero attached hydrogens (tertiary/aromatic N) is 6. The SMILES string of the molecule is O=C1CN(C2CN(c3nc(N[C@H]4C[C@@H](O)C4)nc4c3cnn4-c3cccc(C(F)(F)F)c3)C2)CCN1. The molecule has 190 valence electrons. The summed E-state index contributed by atoms with van der Waals surface area (Å²) in [6.45, 7) is 3.10. The number of aliphatic hydroxyl groups is 1. The Morgan fingerprint density at radius 2 is 1.97 bits per heavy atom. The average Bonchev–Trinajstić information content (AvgIpc) is 3.21. The summed E-state index contributed by atoms with van der Waals surface area (Å²) >= 11 is 0. The van der Waals surface area contributed by atoms with Gasteiger partial charge in [0.15, 0.2) is 5.65 Å². The molecule has 6 rings (SSSR count). The van der Waals surface area contributed by atoms with Crippen molar-refractivity contribution in [3.8, 4) is 5.69 Å². The molecular formula is C23H25F3N8O2. The third-order valence-electron chi connectivity index (χ3n) is 7.02. The summed E-state index contributed by atoms with van der Waals surface area (Å²) in [5, 5.41) is 20.7. The van der Waals surface area contributed by atoms with E-state index in [9.17, 15) is 23.1 Å². The van der Waals surface area contributed by atoms with Gasteiger partial charge in [0, 0.05) is 38.3 Å². The molecule has 36 heavy (non-hydrogen) atoms. The number of hydrogen-bond donors (Lipinski definition) is 3. The first-order valence-corrected chi connectivity index (χ1v) is 11.9. The molecule has 13 heteroatoms. The lowest BCUT2D eigenvalue weighted by molar-refractivity contribution is -0.137. The van der Waals surface area contributed by atoms with E-state index in [1.807, 2.05) is 0 Å². The zero-order valence-electron chi connectivity index (χ0n) is 19.2. The second-order valence-electron chi connectivity index (χ2n) is 9.56. The van der Waals surface area contributed by atoms with Crippen LogP contribution >= 0.6 is 0 Å². The molecule has 0 unspecified atom stereocenters. The maximum absolute atomic E-state index is 13.3. The number of piperazine rings is 1. The monoisotopic (exact) mass is 502 g/mol. The highest BCUT2D eigenvalue weighted by atomic mass is 19.4. The van der Waals surface area contributed by atoms with Crippen molar-refractivity contribution in [2.24, 2.45) is 0 Å². The number of alkyl halides is 3. The molecular weight excluding hydrogens is 477 g/mol. The predicted octanol–water partition coefficient (Wildman–Crippen LogP) is 1.39. The molecule has 0 bridgehead atoms. The lowest BCUT2D eigenvalue weighted by Crippen LogP contribution is -2.64. The zero-order chi connectivity index (χ0) is 25.0. The smallest absolute Gasteiger partial charge is 0.393 e. The largest absolute Gasteiger partial charge is 0.416 e. The predicted molar refractivity (Wildman–Crippen MR) is 125 cm³/mol. The van der Waals surface area contributed by atoms with Crippen LogP contribution in [0.25, 0.3) is 16.7 Å². The van der Waals surface area contributed by atoms with Crippen LogP contribution in [0.1, 0.15) is 18.4 Å². The molecule has 3 aliphatic rings. The molecule has 4 heterocycles. The molecule has 1 amide bonds. The Bertz CT molecular complexity index is 1300. The molecule has 0 atom stereocenters. The number of nitrogens with one attached hydrogen (secondary N) is 2. The van der Waals surface area contributed by atoms with Crippen molar-refractivity contribution in [1.82, 2.24) is 30.0 Å². The van der Waals surface area contributed by atoms with Gasteiger partial charge in [-0.05, 0) is 31.0 Å². The Hall–Kier alpha value is -3.45. The van der Waals surface area contributed by atoms with E-state index >= 15 is 0 Å². The summed E-state index contributed by atoms with van der Waals surface area (Å²) < 4.78 is 41.4. The standard InChI is InChI=1S/C23H25F3N8O2/c24-23(25,26)13-2-1-3-15(6-13)34-21-18(9-28-34)20(30-22(31-21)29-14-7-17(35)8-14)33-10-16(11-33)32-5-4-27-19(36)12-32/h1-3,6,9,14,16-17,35H,4-5,7-8,10-12H2,(H,27,36)(H,29,30,31)/t14-,17+. The van der Waals surface area contributed by atoms with Crippen LogP contribution in [0, 0.1) is 0 Å². The number of amides is 1. The number of fused-ring (bicyclic) bond motifs is 1. The van der Waals surface area contributed by atoms with E-state index in [2.05, 4.69) is 30.5 Å². The van der Waals surface area contributed by atoms with Crippen LogP contribution < -0.4 is 15.5 Å². The maximum atomic E-state index is 13.3. The van der Waals surface area contributed by atoms with Crippen LogP contribution in [0.3, 0.4) is 0 Å². The van der Waals surface area contributed by atoms with Crippen LogP contribution in [0.5, 0.6) is 0 Å². The summed E-state index contributed by atoms with van der Waals surface area (Å²) in [5.74, 6) is 0.989. The van der Waals surface area contributed by atoms with E-state index < -0.39 is 11.7 Å². The Morgan fingerprint density at radius 3 is 2.69 bits per heavy atom. The van der Waals surface area contributed by atoms with Crippen molar-refractivity contribution in [3.05, 3.63) is 36.0 Å². The third-order valence-corrected chi connectivity index (χ3v) is 7.02. The van der Waals surface area contributed by atoms with Gasteiger partial charge in [-0.1, -0.05) is 6.07 Å². The van der Waals surface area contributed by atoms with Crippen molar-refractivity contribution in [2.45, 2.75) is 37.2 Å².